The number of nitrogens with zero attached hydrogens (tertiary/aromatic N) is 1. The molecular weight excluding hydrogens is 230 g/mol. The summed E-state index contributed by atoms with van der Waals surface area (Å²) in [5.41, 5.74) is 0. The molecule has 2 aliphatic rings. The van der Waals surface area contributed by atoms with E-state index in [4.69, 9.17) is 4.74 Å². The molecule has 0 saturated carbocycles. The van der Waals surface area contributed by atoms with Gasteiger partial charge in [-0.1, -0.05) is 0 Å². The summed E-state index contributed by atoms with van der Waals surface area (Å²) >= 11 is 0. The molecule has 5 heteroatoms. The van der Waals surface area contributed by atoms with Crippen LogP contribution in [0.15, 0.2) is 0 Å². The molecule has 2 rings (SSSR count). The van der Waals surface area contributed by atoms with Crippen molar-refractivity contribution in [2.45, 2.75) is 32.4 Å². The van der Waals surface area contributed by atoms with Gasteiger partial charge in [-0.2, -0.15) is 0 Å². The number of rotatable bonds is 4. The second-order valence-corrected chi connectivity index (χ2v) is 5.38. The third-order valence-corrected chi connectivity index (χ3v) is 4.12. The minimum Gasteiger partial charge on any atom is -0.381 e. The lowest BCUT2D eigenvalue weighted by Crippen LogP contribution is -2.54. The van der Waals surface area contributed by atoms with Crippen LogP contribution in [0.2, 0.25) is 0 Å². The van der Waals surface area contributed by atoms with Crippen molar-refractivity contribution >= 4 is 5.91 Å². The van der Waals surface area contributed by atoms with E-state index in [0.717, 1.165) is 45.8 Å². The minimum atomic E-state index is -0.0307. The lowest BCUT2D eigenvalue weighted by Gasteiger charge is -2.33. The largest absolute Gasteiger partial charge is 0.381 e. The molecule has 0 aromatic rings. The number of hydrogen-bond acceptors (Lipinski definition) is 4. The SMILES string of the molecule is CC(NC(=O)C(C)N1CCNCC1)C1CCOC1. The van der Waals surface area contributed by atoms with Crippen LogP contribution < -0.4 is 10.6 Å². The summed E-state index contributed by atoms with van der Waals surface area (Å²) in [7, 11) is 0. The maximum absolute atomic E-state index is 12.2. The zero-order valence-corrected chi connectivity index (χ0v) is 11.4. The highest BCUT2D eigenvalue weighted by atomic mass is 16.5. The average molecular weight is 255 g/mol. The fraction of sp³-hybridized carbons (Fsp3) is 0.923. The summed E-state index contributed by atoms with van der Waals surface area (Å²) in [6.45, 7) is 9.56. The van der Waals surface area contributed by atoms with E-state index in [1.54, 1.807) is 0 Å². The van der Waals surface area contributed by atoms with Crippen LogP contribution in [-0.2, 0) is 9.53 Å². The molecular formula is C13H25N3O2. The van der Waals surface area contributed by atoms with Gasteiger partial charge in [0.15, 0.2) is 0 Å². The van der Waals surface area contributed by atoms with Gasteiger partial charge in [0.2, 0.25) is 5.91 Å². The number of carbonyl (C=O) groups excluding carboxylic acids is 1. The Hall–Kier alpha value is -0.650. The molecule has 3 unspecified atom stereocenters. The van der Waals surface area contributed by atoms with Crippen LogP contribution in [0.5, 0.6) is 0 Å². The Balaban J connectivity index is 1.78. The molecule has 0 aromatic heterocycles. The first-order valence-electron chi connectivity index (χ1n) is 7.01. The Morgan fingerprint density at radius 3 is 2.72 bits per heavy atom. The monoisotopic (exact) mass is 255 g/mol. The third-order valence-electron chi connectivity index (χ3n) is 4.12. The molecule has 1 amide bonds. The number of ether oxygens (including phenoxy) is 1. The summed E-state index contributed by atoms with van der Waals surface area (Å²) in [5.74, 6) is 0.625. The van der Waals surface area contributed by atoms with E-state index < -0.39 is 0 Å². The maximum atomic E-state index is 12.2. The van der Waals surface area contributed by atoms with Gasteiger partial charge in [0.1, 0.15) is 0 Å². The van der Waals surface area contributed by atoms with Crippen LogP contribution in [-0.4, -0.2) is 62.3 Å². The van der Waals surface area contributed by atoms with Crippen molar-refractivity contribution in [2.75, 3.05) is 39.4 Å². The first kappa shape index (κ1) is 13.8. The van der Waals surface area contributed by atoms with Gasteiger partial charge in [-0.25, -0.2) is 0 Å². The number of carbonyl (C=O) groups is 1. The Morgan fingerprint density at radius 2 is 2.11 bits per heavy atom. The topological polar surface area (TPSA) is 53.6 Å². The van der Waals surface area contributed by atoms with Crippen molar-refractivity contribution < 1.29 is 9.53 Å². The molecule has 0 radical (unpaired) electrons. The van der Waals surface area contributed by atoms with E-state index in [2.05, 4.69) is 22.5 Å². The first-order chi connectivity index (χ1) is 8.68. The Labute approximate surface area is 109 Å². The van der Waals surface area contributed by atoms with Crippen LogP contribution in [0.4, 0.5) is 0 Å². The van der Waals surface area contributed by atoms with Gasteiger partial charge in [-0.15, -0.1) is 0 Å². The third kappa shape index (κ3) is 3.43. The quantitative estimate of drug-likeness (QED) is 0.732. The Kier molecular flexibility index (Phi) is 4.97. The number of nitrogens with one attached hydrogen (secondary N) is 2. The average Bonchev–Trinajstić information content (AvgIpc) is 2.92. The van der Waals surface area contributed by atoms with Gasteiger partial charge >= 0.3 is 0 Å². The summed E-state index contributed by atoms with van der Waals surface area (Å²) in [4.78, 5) is 14.4. The number of amides is 1. The van der Waals surface area contributed by atoms with Crippen molar-refractivity contribution in [3.05, 3.63) is 0 Å². The van der Waals surface area contributed by atoms with E-state index in [0.29, 0.717) is 5.92 Å². The van der Waals surface area contributed by atoms with Crippen molar-refractivity contribution in [1.29, 1.82) is 0 Å². The van der Waals surface area contributed by atoms with Crippen LogP contribution in [0.25, 0.3) is 0 Å². The van der Waals surface area contributed by atoms with Gasteiger partial charge in [-0.3, -0.25) is 9.69 Å². The fourth-order valence-corrected chi connectivity index (χ4v) is 2.65. The normalized spacial score (nSPS) is 28.9. The van der Waals surface area contributed by atoms with E-state index >= 15 is 0 Å². The predicted octanol–water partition coefficient (Wildman–Crippen LogP) is -0.179. The molecule has 2 saturated heterocycles. The molecule has 2 fully saturated rings. The van der Waals surface area contributed by atoms with Crippen LogP contribution in [0, 0.1) is 5.92 Å². The zero-order chi connectivity index (χ0) is 13.0. The summed E-state index contributed by atoms with van der Waals surface area (Å²) < 4.78 is 5.37. The van der Waals surface area contributed by atoms with Crippen molar-refractivity contribution in [2.24, 2.45) is 5.92 Å². The molecule has 3 atom stereocenters. The van der Waals surface area contributed by atoms with Gasteiger partial charge in [0.05, 0.1) is 12.6 Å². The highest BCUT2D eigenvalue weighted by Crippen LogP contribution is 2.16. The molecule has 0 spiro atoms. The molecule has 18 heavy (non-hydrogen) atoms. The van der Waals surface area contributed by atoms with Gasteiger partial charge in [-0.05, 0) is 20.3 Å². The Morgan fingerprint density at radius 1 is 1.39 bits per heavy atom. The van der Waals surface area contributed by atoms with E-state index in [9.17, 15) is 4.79 Å². The van der Waals surface area contributed by atoms with E-state index in [1.807, 2.05) is 6.92 Å². The van der Waals surface area contributed by atoms with Crippen molar-refractivity contribution in [3.63, 3.8) is 0 Å². The fourth-order valence-electron chi connectivity index (χ4n) is 2.65. The van der Waals surface area contributed by atoms with Crippen molar-refractivity contribution in [3.8, 4) is 0 Å². The molecule has 0 bridgehead atoms. The predicted molar refractivity (Wildman–Crippen MR) is 70.4 cm³/mol. The molecule has 0 aromatic carbocycles. The summed E-state index contributed by atoms with van der Waals surface area (Å²) in [5, 5.41) is 6.44. The van der Waals surface area contributed by atoms with Gasteiger partial charge in [0, 0.05) is 44.7 Å². The summed E-state index contributed by atoms with van der Waals surface area (Å²) in [6, 6.07) is 0.183. The highest BCUT2D eigenvalue weighted by molar-refractivity contribution is 5.81. The number of hydrogen-bond donors (Lipinski definition) is 2. The molecule has 104 valence electrons. The maximum Gasteiger partial charge on any atom is 0.237 e. The van der Waals surface area contributed by atoms with Crippen molar-refractivity contribution in [1.82, 2.24) is 15.5 Å². The minimum absolute atomic E-state index is 0.0307. The lowest BCUT2D eigenvalue weighted by atomic mass is 10.0. The second-order valence-electron chi connectivity index (χ2n) is 5.38. The van der Waals surface area contributed by atoms with E-state index in [-0.39, 0.29) is 18.0 Å². The highest BCUT2D eigenvalue weighted by Gasteiger charge is 2.27. The number of piperazine rings is 1. The molecule has 0 aliphatic carbocycles. The molecule has 2 aliphatic heterocycles. The van der Waals surface area contributed by atoms with E-state index in [1.165, 1.54) is 0 Å². The second kappa shape index (κ2) is 6.50. The van der Waals surface area contributed by atoms with Crippen LogP contribution in [0.1, 0.15) is 20.3 Å². The molecule has 2 heterocycles. The summed E-state index contributed by atoms with van der Waals surface area (Å²) in [6.07, 6.45) is 1.06. The standard InChI is InChI=1S/C13H25N3O2/c1-10(12-3-8-18-9-12)15-13(17)11(2)16-6-4-14-5-7-16/h10-12,14H,3-9H2,1-2H3,(H,15,17). The lowest BCUT2D eigenvalue weighted by molar-refractivity contribution is -0.127. The first-order valence-corrected chi connectivity index (χ1v) is 7.01. The Bertz CT molecular complexity index is 273. The van der Waals surface area contributed by atoms with Crippen LogP contribution >= 0.6 is 0 Å². The van der Waals surface area contributed by atoms with Crippen LogP contribution in [0.3, 0.4) is 0 Å². The van der Waals surface area contributed by atoms with Gasteiger partial charge in [0.25, 0.3) is 0 Å². The zero-order valence-electron chi connectivity index (χ0n) is 11.4. The molecule has 2 N–H and O–H groups in total. The molecule has 5 nitrogen and oxygen atoms in total. The van der Waals surface area contributed by atoms with Gasteiger partial charge < -0.3 is 15.4 Å². The smallest absolute Gasteiger partial charge is 0.237 e.